The number of Topliss-reactive ketones (excluding diaryl/α,β-unsaturated/α-hetero) is 1. The van der Waals surface area contributed by atoms with Crippen molar-refractivity contribution in [2.75, 3.05) is 11.9 Å². The van der Waals surface area contributed by atoms with Gasteiger partial charge in [0.25, 0.3) is 0 Å². The van der Waals surface area contributed by atoms with Crippen molar-refractivity contribution in [3.8, 4) is 11.1 Å². The minimum Gasteiger partial charge on any atom is -0.361 e. The summed E-state index contributed by atoms with van der Waals surface area (Å²) in [6.45, 7) is 4.85. The molecule has 8 heteroatoms. The van der Waals surface area contributed by atoms with E-state index in [0.29, 0.717) is 22.6 Å². The van der Waals surface area contributed by atoms with Gasteiger partial charge in [-0.25, -0.2) is 4.98 Å². The molecule has 0 saturated heterocycles. The van der Waals surface area contributed by atoms with Crippen molar-refractivity contribution in [1.29, 1.82) is 0 Å². The summed E-state index contributed by atoms with van der Waals surface area (Å²) in [5, 5.41) is 17.6. The molecule has 2 aromatic rings. The van der Waals surface area contributed by atoms with E-state index in [1.54, 1.807) is 13.8 Å². The predicted octanol–water partition coefficient (Wildman–Crippen LogP) is 2.26. The summed E-state index contributed by atoms with van der Waals surface area (Å²) in [6, 6.07) is 1.39. The molecule has 0 atom stereocenters. The van der Waals surface area contributed by atoms with E-state index in [4.69, 9.17) is 4.52 Å². The minimum absolute atomic E-state index is 0.0154. The van der Waals surface area contributed by atoms with Gasteiger partial charge in [-0.05, 0) is 20.8 Å². The largest absolute Gasteiger partial charge is 0.361 e. The molecule has 21 heavy (non-hydrogen) atoms. The average Bonchev–Trinajstić information content (AvgIpc) is 2.75. The first-order valence-electron chi connectivity index (χ1n) is 6.21. The molecule has 2 aromatic heterocycles. The Bertz CT molecular complexity index is 689. The summed E-state index contributed by atoms with van der Waals surface area (Å²) >= 11 is 0. The number of hydrogen-bond donors (Lipinski definition) is 1. The summed E-state index contributed by atoms with van der Waals surface area (Å²) in [7, 11) is 0. The quantitative estimate of drug-likeness (QED) is 0.664. The molecule has 0 fully saturated rings. The summed E-state index contributed by atoms with van der Waals surface area (Å²) in [4.78, 5) is 25.6. The number of carbonyl (C=O) groups is 1. The second-order valence-corrected chi connectivity index (χ2v) is 4.60. The molecule has 0 aliphatic rings. The molecule has 0 aliphatic heterocycles. The lowest BCUT2D eigenvalue weighted by atomic mass is 10.1. The first kappa shape index (κ1) is 14.6. The Hall–Kier alpha value is -2.77. The van der Waals surface area contributed by atoms with Gasteiger partial charge in [0, 0.05) is 23.4 Å². The van der Waals surface area contributed by atoms with Crippen molar-refractivity contribution in [2.45, 2.75) is 20.8 Å². The monoisotopic (exact) mass is 290 g/mol. The Morgan fingerprint density at radius 3 is 2.71 bits per heavy atom. The second-order valence-electron chi connectivity index (χ2n) is 4.60. The topological polar surface area (TPSA) is 111 Å². The molecule has 0 saturated carbocycles. The number of aryl methyl sites for hydroxylation is 2. The molecule has 0 radical (unpaired) electrons. The van der Waals surface area contributed by atoms with Gasteiger partial charge in [-0.3, -0.25) is 14.9 Å². The highest BCUT2D eigenvalue weighted by molar-refractivity contribution is 5.81. The maximum absolute atomic E-state index is 11.2. The lowest BCUT2D eigenvalue weighted by molar-refractivity contribution is -0.384. The highest BCUT2D eigenvalue weighted by Crippen LogP contribution is 2.31. The molecule has 0 amide bonds. The van der Waals surface area contributed by atoms with E-state index in [2.05, 4.69) is 15.5 Å². The Kier molecular flexibility index (Phi) is 3.97. The van der Waals surface area contributed by atoms with Crippen LogP contribution in [0.2, 0.25) is 0 Å². The molecule has 0 spiro atoms. The van der Waals surface area contributed by atoms with Crippen molar-refractivity contribution in [1.82, 2.24) is 10.1 Å². The first-order chi connectivity index (χ1) is 9.90. The zero-order valence-electron chi connectivity index (χ0n) is 11.8. The van der Waals surface area contributed by atoms with E-state index in [1.165, 1.54) is 19.2 Å². The maximum Gasteiger partial charge on any atom is 0.311 e. The number of nitrogens with one attached hydrogen (secondary N) is 1. The molecule has 0 aliphatic carbocycles. The van der Waals surface area contributed by atoms with Crippen molar-refractivity contribution >= 4 is 17.3 Å². The van der Waals surface area contributed by atoms with Crippen molar-refractivity contribution < 1.29 is 14.2 Å². The van der Waals surface area contributed by atoms with E-state index in [9.17, 15) is 14.9 Å². The van der Waals surface area contributed by atoms with Crippen LogP contribution in [0.5, 0.6) is 0 Å². The van der Waals surface area contributed by atoms with Crippen LogP contribution in [0, 0.1) is 24.0 Å². The number of hydrogen-bond acceptors (Lipinski definition) is 7. The Labute approximate surface area is 120 Å². The molecular weight excluding hydrogens is 276 g/mol. The molecule has 0 aromatic carbocycles. The zero-order chi connectivity index (χ0) is 15.6. The van der Waals surface area contributed by atoms with Gasteiger partial charge in [0.15, 0.2) is 0 Å². The van der Waals surface area contributed by atoms with E-state index in [0.717, 1.165) is 0 Å². The standard InChI is InChI=1S/C13H14N4O4/c1-7(18)5-14-13-11(17(19)20)4-10(6-15-13)12-8(2)16-21-9(12)3/h4,6H,5H2,1-3H3,(H,14,15). The van der Waals surface area contributed by atoms with Gasteiger partial charge in [0.2, 0.25) is 5.82 Å². The molecule has 110 valence electrons. The molecule has 8 nitrogen and oxygen atoms in total. The molecule has 2 rings (SSSR count). The Morgan fingerprint density at radius 1 is 1.48 bits per heavy atom. The number of rotatable bonds is 5. The maximum atomic E-state index is 11.2. The highest BCUT2D eigenvalue weighted by Gasteiger charge is 2.20. The lowest BCUT2D eigenvalue weighted by Crippen LogP contribution is -2.12. The van der Waals surface area contributed by atoms with Crippen LogP contribution in [0.25, 0.3) is 11.1 Å². The number of nitro groups is 1. The van der Waals surface area contributed by atoms with Crippen molar-refractivity contribution in [2.24, 2.45) is 0 Å². The van der Waals surface area contributed by atoms with Crippen molar-refractivity contribution in [3.05, 3.63) is 33.8 Å². The molecule has 0 unspecified atom stereocenters. The van der Waals surface area contributed by atoms with Gasteiger partial charge in [-0.15, -0.1) is 0 Å². The summed E-state index contributed by atoms with van der Waals surface area (Å²) in [5.41, 5.74) is 1.66. The van der Waals surface area contributed by atoms with Crippen LogP contribution in [0.4, 0.5) is 11.5 Å². The molecule has 2 heterocycles. The molecule has 1 N–H and O–H groups in total. The number of ketones is 1. The second kappa shape index (κ2) is 5.70. The van der Waals surface area contributed by atoms with Gasteiger partial charge in [0.05, 0.1) is 17.2 Å². The van der Waals surface area contributed by atoms with Crippen LogP contribution < -0.4 is 5.32 Å². The van der Waals surface area contributed by atoms with Crippen LogP contribution in [0.15, 0.2) is 16.8 Å². The summed E-state index contributed by atoms with van der Waals surface area (Å²) < 4.78 is 5.05. The lowest BCUT2D eigenvalue weighted by Gasteiger charge is -2.06. The fraction of sp³-hybridized carbons (Fsp3) is 0.308. The zero-order valence-corrected chi connectivity index (χ0v) is 11.8. The van der Waals surface area contributed by atoms with E-state index in [-0.39, 0.29) is 23.8 Å². The minimum atomic E-state index is -0.544. The third-order valence-corrected chi connectivity index (χ3v) is 2.89. The smallest absolute Gasteiger partial charge is 0.311 e. The molecular formula is C13H14N4O4. The fourth-order valence-corrected chi connectivity index (χ4v) is 1.97. The van der Waals surface area contributed by atoms with E-state index >= 15 is 0 Å². The normalized spacial score (nSPS) is 10.4. The summed E-state index contributed by atoms with van der Waals surface area (Å²) in [5.74, 6) is 0.486. The SMILES string of the molecule is CC(=O)CNc1ncc(-c2c(C)noc2C)cc1[N+](=O)[O-]. The average molecular weight is 290 g/mol. The number of pyridine rings is 1. The van der Waals surface area contributed by atoms with Crippen LogP contribution in [0.3, 0.4) is 0 Å². The van der Waals surface area contributed by atoms with Crippen LogP contribution in [-0.2, 0) is 4.79 Å². The van der Waals surface area contributed by atoms with Gasteiger partial charge in [0.1, 0.15) is 11.5 Å². The number of nitrogens with zero attached hydrogens (tertiary/aromatic N) is 3. The fourth-order valence-electron chi connectivity index (χ4n) is 1.97. The predicted molar refractivity (Wildman–Crippen MR) is 75.0 cm³/mol. The van der Waals surface area contributed by atoms with Gasteiger partial charge in [-0.2, -0.15) is 0 Å². The number of carbonyl (C=O) groups excluding carboxylic acids is 1. The Balaban J connectivity index is 2.45. The first-order valence-corrected chi connectivity index (χ1v) is 6.21. The van der Waals surface area contributed by atoms with Crippen molar-refractivity contribution in [3.63, 3.8) is 0 Å². The molecule has 0 bridgehead atoms. The van der Waals surface area contributed by atoms with Crippen LogP contribution in [0.1, 0.15) is 18.4 Å². The van der Waals surface area contributed by atoms with E-state index in [1.807, 2.05) is 0 Å². The number of anilines is 1. The number of aromatic nitrogens is 2. The van der Waals surface area contributed by atoms with Gasteiger partial charge >= 0.3 is 5.69 Å². The van der Waals surface area contributed by atoms with Gasteiger partial charge < -0.3 is 9.84 Å². The third kappa shape index (κ3) is 3.04. The highest BCUT2D eigenvalue weighted by atomic mass is 16.6. The van der Waals surface area contributed by atoms with E-state index < -0.39 is 4.92 Å². The van der Waals surface area contributed by atoms with Gasteiger partial charge in [-0.1, -0.05) is 5.16 Å². The third-order valence-electron chi connectivity index (χ3n) is 2.89. The van der Waals surface area contributed by atoms with Crippen LogP contribution in [-0.4, -0.2) is 27.4 Å². The Morgan fingerprint density at radius 2 is 2.19 bits per heavy atom. The van der Waals surface area contributed by atoms with Crippen LogP contribution >= 0.6 is 0 Å². The summed E-state index contributed by atoms with van der Waals surface area (Å²) in [6.07, 6.45) is 1.49.